The van der Waals surface area contributed by atoms with Gasteiger partial charge in [0.05, 0.1) is 0 Å². The van der Waals surface area contributed by atoms with Crippen LogP contribution in [0.1, 0.15) is 6.42 Å². The average Bonchev–Trinajstić information content (AvgIpc) is 2.25. The lowest BCUT2D eigenvalue weighted by molar-refractivity contribution is -0.270. The number of hydrogen-bond acceptors (Lipinski definition) is 5. The fourth-order valence-electron chi connectivity index (χ4n) is 1.09. The number of nitrogens with two attached hydrogens (primary N) is 1. The summed E-state index contributed by atoms with van der Waals surface area (Å²) in [5.41, 5.74) is 4.89. The highest BCUT2D eigenvalue weighted by molar-refractivity contribution is 5.79. The molecule has 70 valence electrons. The standard InChI is InChI=1S/C6H11NO5/c1-11-5-6(9,10)2-3(12-5)4(7)8/h3,5,9-10H,2H2,1H3,(H2,7,8). The zero-order valence-electron chi connectivity index (χ0n) is 6.56. The number of carbonyl (C=O) groups is 1. The SMILES string of the molecule is COC1OC(C(N)=O)CC1(O)O. The van der Waals surface area contributed by atoms with E-state index in [9.17, 15) is 15.0 Å². The molecule has 0 aromatic rings. The first-order valence-electron chi connectivity index (χ1n) is 3.39. The number of carbonyl (C=O) groups excluding carboxylic acids is 1. The second kappa shape index (κ2) is 2.98. The predicted octanol–water partition coefficient (Wildman–Crippen LogP) is -2.09. The van der Waals surface area contributed by atoms with Gasteiger partial charge in [-0.15, -0.1) is 0 Å². The van der Waals surface area contributed by atoms with Crippen molar-refractivity contribution in [3.8, 4) is 0 Å². The highest BCUT2D eigenvalue weighted by Gasteiger charge is 2.48. The van der Waals surface area contributed by atoms with Gasteiger partial charge in [-0.05, 0) is 0 Å². The number of ether oxygens (including phenoxy) is 2. The first-order chi connectivity index (χ1) is 5.47. The number of hydrogen-bond donors (Lipinski definition) is 3. The average molecular weight is 177 g/mol. The van der Waals surface area contributed by atoms with Crippen LogP contribution in [0.5, 0.6) is 0 Å². The van der Waals surface area contributed by atoms with Crippen LogP contribution in [0.3, 0.4) is 0 Å². The van der Waals surface area contributed by atoms with Crippen LogP contribution >= 0.6 is 0 Å². The summed E-state index contributed by atoms with van der Waals surface area (Å²) in [6, 6.07) is 0. The zero-order valence-corrected chi connectivity index (χ0v) is 6.56. The van der Waals surface area contributed by atoms with E-state index in [1.807, 2.05) is 0 Å². The highest BCUT2D eigenvalue weighted by atomic mass is 16.7. The van der Waals surface area contributed by atoms with Crippen LogP contribution in [-0.4, -0.2) is 41.4 Å². The van der Waals surface area contributed by atoms with Gasteiger partial charge in [0.15, 0.2) is 0 Å². The molecular weight excluding hydrogens is 166 g/mol. The van der Waals surface area contributed by atoms with E-state index in [4.69, 9.17) is 10.5 Å². The van der Waals surface area contributed by atoms with Gasteiger partial charge in [0.25, 0.3) is 0 Å². The summed E-state index contributed by atoms with van der Waals surface area (Å²) in [4.78, 5) is 10.6. The molecule has 0 aromatic carbocycles. The Morgan fingerprint density at radius 1 is 1.75 bits per heavy atom. The van der Waals surface area contributed by atoms with Gasteiger partial charge >= 0.3 is 0 Å². The molecule has 6 heteroatoms. The van der Waals surface area contributed by atoms with Crippen molar-refractivity contribution in [1.29, 1.82) is 0 Å². The minimum atomic E-state index is -2.13. The van der Waals surface area contributed by atoms with Gasteiger partial charge in [0.2, 0.25) is 18.0 Å². The van der Waals surface area contributed by atoms with Gasteiger partial charge < -0.3 is 25.4 Å². The summed E-state index contributed by atoms with van der Waals surface area (Å²) < 4.78 is 9.37. The normalized spacial score (nSPS) is 33.6. The molecule has 1 saturated heterocycles. The Hall–Kier alpha value is -0.690. The second-order valence-corrected chi connectivity index (χ2v) is 2.68. The Labute approximate surface area is 68.9 Å². The first kappa shape index (κ1) is 9.40. The van der Waals surface area contributed by atoms with Crippen molar-refractivity contribution in [2.24, 2.45) is 5.73 Å². The van der Waals surface area contributed by atoms with Crippen LogP contribution in [0.4, 0.5) is 0 Å². The van der Waals surface area contributed by atoms with Crippen LogP contribution in [0.15, 0.2) is 0 Å². The number of primary amides is 1. The van der Waals surface area contributed by atoms with E-state index in [1.54, 1.807) is 0 Å². The Bertz CT molecular complexity index is 192. The Morgan fingerprint density at radius 2 is 2.33 bits per heavy atom. The Kier molecular flexibility index (Phi) is 2.34. The van der Waals surface area contributed by atoms with Crippen LogP contribution in [0, 0.1) is 0 Å². The van der Waals surface area contributed by atoms with Gasteiger partial charge in [0, 0.05) is 13.5 Å². The van der Waals surface area contributed by atoms with Crippen LogP contribution in [-0.2, 0) is 14.3 Å². The summed E-state index contributed by atoms with van der Waals surface area (Å²) >= 11 is 0. The zero-order chi connectivity index (χ0) is 9.35. The largest absolute Gasteiger partial charge is 0.367 e. The fourth-order valence-corrected chi connectivity index (χ4v) is 1.09. The molecule has 12 heavy (non-hydrogen) atoms. The smallest absolute Gasteiger partial charge is 0.246 e. The minimum absolute atomic E-state index is 0.263. The molecule has 1 rings (SSSR count). The number of methoxy groups -OCH3 is 1. The third kappa shape index (κ3) is 1.56. The summed E-state index contributed by atoms with van der Waals surface area (Å²) in [5.74, 6) is -2.86. The summed E-state index contributed by atoms with van der Waals surface area (Å²) in [5, 5.41) is 18.3. The van der Waals surface area contributed by atoms with Crippen molar-refractivity contribution in [2.75, 3.05) is 7.11 Å². The molecule has 1 heterocycles. The minimum Gasteiger partial charge on any atom is -0.367 e. The molecule has 1 aliphatic rings. The van der Waals surface area contributed by atoms with E-state index in [0.29, 0.717) is 0 Å². The van der Waals surface area contributed by atoms with Crippen molar-refractivity contribution in [3.63, 3.8) is 0 Å². The Balaban J connectivity index is 2.66. The van der Waals surface area contributed by atoms with Crippen LogP contribution in [0.2, 0.25) is 0 Å². The predicted molar refractivity (Wildman–Crippen MR) is 36.6 cm³/mol. The lowest BCUT2D eigenvalue weighted by Gasteiger charge is -2.19. The van der Waals surface area contributed by atoms with Gasteiger partial charge in [-0.2, -0.15) is 0 Å². The lowest BCUT2D eigenvalue weighted by atomic mass is 10.1. The van der Waals surface area contributed by atoms with E-state index < -0.39 is 24.1 Å². The summed E-state index contributed by atoms with van der Waals surface area (Å²) in [7, 11) is 1.25. The molecule has 0 spiro atoms. The molecule has 6 nitrogen and oxygen atoms in total. The maximum absolute atomic E-state index is 10.6. The third-order valence-electron chi connectivity index (χ3n) is 1.68. The van der Waals surface area contributed by atoms with Gasteiger partial charge in [-0.3, -0.25) is 4.79 Å². The molecule has 1 fully saturated rings. The number of rotatable bonds is 2. The molecule has 2 unspecified atom stereocenters. The molecule has 1 aliphatic heterocycles. The van der Waals surface area contributed by atoms with Crippen LogP contribution in [0.25, 0.3) is 0 Å². The molecule has 0 aromatic heterocycles. The molecular formula is C6H11NO5. The van der Waals surface area contributed by atoms with E-state index in [0.717, 1.165) is 0 Å². The fraction of sp³-hybridized carbons (Fsp3) is 0.833. The molecule has 0 radical (unpaired) electrons. The topological polar surface area (TPSA) is 102 Å². The maximum atomic E-state index is 10.6. The molecule has 0 aliphatic carbocycles. The summed E-state index contributed by atoms with van der Waals surface area (Å²) in [6.07, 6.45) is -2.47. The van der Waals surface area contributed by atoms with Crippen LogP contribution < -0.4 is 5.73 Å². The molecule has 2 atom stereocenters. The monoisotopic (exact) mass is 177 g/mol. The van der Waals surface area contributed by atoms with Crippen molar-refractivity contribution in [3.05, 3.63) is 0 Å². The van der Waals surface area contributed by atoms with E-state index in [2.05, 4.69) is 4.74 Å². The molecule has 1 amide bonds. The van der Waals surface area contributed by atoms with Crippen molar-refractivity contribution < 1.29 is 24.5 Å². The van der Waals surface area contributed by atoms with E-state index >= 15 is 0 Å². The van der Waals surface area contributed by atoms with Gasteiger partial charge in [-0.25, -0.2) is 0 Å². The quantitative estimate of drug-likeness (QED) is 0.420. The molecule has 0 saturated carbocycles. The third-order valence-corrected chi connectivity index (χ3v) is 1.68. The highest BCUT2D eigenvalue weighted by Crippen LogP contribution is 2.28. The lowest BCUT2D eigenvalue weighted by Crippen LogP contribution is -2.38. The van der Waals surface area contributed by atoms with E-state index in [1.165, 1.54) is 7.11 Å². The maximum Gasteiger partial charge on any atom is 0.246 e. The number of aliphatic hydroxyl groups is 2. The summed E-state index contributed by atoms with van der Waals surface area (Å²) in [6.45, 7) is 0. The van der Waals surface area contributed by atoms with Crippen molar-refractivity contribution in [1.82, 2.24) is 0 Å². The Morgan fingerprint density at radius 3 is 2.58 bits per heavy atom. The second-order valence-electron chi connectivity index (χ2n) is 2.68. The van der Waals surface area contributed by atoms with Gasteiger partial charge in [0.1, 0.15) is 6.10 Å². The van der Waals surface area contributed by atoms with Crippen molar-refractivity contribution in [2.45, 2.75) is 24.6 Å². The molecule has 4 N–H and O–H groups in total. The number of amides is 1. The first-order valence-corrected chi connectivity index (χ1v) is 3.39. The van der Waals surface area contributed by atoms with Gasteiger partial charge in [-0.1, -0.05) is 0 Å². The van der Waals surface area contributed by atoms with Crippen molar-refractivity contribution >= 4 is 5.91 Å². The molecule has 0 bridgehead atoms. The van der Waals surface area contributed by atoms with E-state index in [-0.39, 0.29) is 6.42 Å².